The van der Waals surface area contributed by atoms with Crippen molar-refractivity contribution in [1.82, 2.24) is 9.97 Å². The largest absolute Gasteiger partial charge is 0.289 e. The third kappa shape index (κ3) is 4.25. The summed E-state index contributed by atoms with van der Waals surface area (Å²) in [7, 11) is 0. The molecule has 2 heterocycles. The van der Waals surface area contributed by atoms with Gasteiger partial charge in [-0.25, -0.2) is 0 Å². The van der Waals surface area contributed by atoms with E-state index < -0.39 is 0 Å². The van der Waals surface area contributed by atoms with Crippen molar-refractivity contribution < 1.29 is 0 Å². The molecule has 0 aromatic carbocycles. The van der Waals surface area contributed by atoms with Gasteiger partial charge in [0.15, 0.2) is 0 Å². The fraction of sp³-hybridized carbons (Fsp3) is 0.143. The van der Waals surface area contributed by atoms with Gasteiger partial charge in [0.2, 0.25) is 0 Å². The van der Waals surface area contributed by atoms with E-state index in [1.54, 1.807) is 24.8 Å². The fourth-order valence-electron chi connectivity index (χ4n) is 1.34. The standard InChI is InChI=1S/C14H14N4/c1-3-7-17-13(5-1)11-15-9-10-16-12-14-6-2-4-8-18-14/h1-8,11-12H,9-10H2. The quantitative estimate of drug-likeness (QED) is 0.591. The van der Waals surface area contributed by atoms with Crippen LogP contribution in [0.1, 0.15) is 11.4 Å². The molecule has 0 spiro atoms. The Balaban J connectivity index is 1.73. The molecule has 0 bridgehead atoms. The molecule has 4 heteroatoms. The van der Waals surface area contributed by atoms with Gasteiger partial charge in [-0.15, -0.1) is 0 Å². The smallest absolute Gasteiger partial charge is 0.0807 e. The monoisotopic (exact) mass is 238 g/mol. The van der Waals surface area contributed by atoms with E-state index >= 15 is 0 Å². The van der Waals surface area contributed by atoms with Crippen LogP contribution in [-0.2, 0) is 0 Å². The second kappa shape index (κ2) is 7.06. The predicted molar refractivity (Wildman–Crippen MR) is 73.4 cm³/mol. The van der Waals surface area contributed by atoms with Gasteiger partial charge in [0.25, 0.3) is 0 Å². The molecule has 0 amide bonds. The zero-order valence-electron chi connectivity index (χ0n) is 9.98. The summed E-state index contributed by atoms with van der Waals surface area (Å²) in [4.78, 5) is 16.8. The molecule has 0 saturated carbocycles. The summed E-state index contributed by atoms with van der Waals surface area (Å²) < 4.78 is 0. The number of rotatable bonds is 5. The molecule has 0 unspecified atom stereocenters. The molecule has 4 nitrogen and oxygen atoms in total. The lowest BCUT2D eigenvalue weighted by atomic mass is 10.4. The molecule has 18 heavy (non-hydrogen) atoms. The van der Waals surface area contributed by atoms with E-state index in [0.29, 0.717) is 13.1 Å². The second-order valence-electron chi connectivity index (χ2n) is 3.58. The van der Waals surface area contributed by atoms with Crippen LogP contribution in [0.25, 0.3) is 0 Å². The Morgan fingerprint density at radius 1 is 0.778 bits per heavy atom. The van der Waals surface area contributed by atoms with Crippen molar-refractivity contribution in [3.63, 3.8) is 0 Å². The zero-order chi connectivity index (χ0) is 12.5. The number of nitrogens with zero attached hydrogens (tertiary/aromatic N) is 4. The molecule has 0 atom stereocenters. The molecular formula is C14H14N4. The maximum Gasteiger partial charge on any atom is 0.0807 e. The summed E-state index contributed by atoms with van der Waals surface area (Å²) in [6.07, 6.45) is 7.02. The Hall–Kier alpha value is -2.36. The molecule has 0 saturated heterocycles. The van der Waals surface area contributed by atoms with Crippen molar-refractivity contribution in [3.05, 3.63) is 60.2 Å². The Kier molecular flexibility index (Phi) is 4.75. The van der Waals surface area contributed by atoms with Gasteiger partial charge in [-0.05, 0) is 24.3 Å². The molecular weight excluding hydrogens is 224 g/mol. The van der Waals surface area contributed by atoms with E-state index in [9.17, 15) is 0 Å². The van der Waals surface area contributed by atoms with Gasteiger partial charge in [-0.2, -0.15) is 0 Å². The SMILES string of the molecule is C(=NCCN=Cc1ccccn1)c1ccccn1. The molecule has 0 N–H and O–H groups in total. The lowest BCUT2D eigenvalue weighted by Crippen LogP contribution is -1.92. The van der Waals surface area contributed by atoms with Crippen molar-refractivity contribution in [2.45, 2.75) is 0 Å². The topological polar surface area (TPSA) is 50.5 Å². The summed E-state index contributed by atoms with van der Waals surface area (Å²) in [5.41, 5.74) is 1.73. The molecule has 0 fully saturated rings. The van der Waals surface area contributed by atoms with Crippen LogP contribution in [0.3, 0.4) is 0 Å². The molecule has 2 rings (SSSR count). The highest BCUT2D eigenvalue weighted by Crippen LogP contribution is 1.90. The number of aromatic nitrogens is 2. The van der Waals surface area contributed by atoms with Crippen LogP contribution >= 0.6 is 0 Å². The molecule has 0 aliphatic rings. The van der Waals surface area contributed by atoms with Crippen LogP contribution in [0, 0.1) is 0 Å². The first-order valence-corrected chi connectivity index (χ1v) is 5.77. The number of hydrogen-bond acceptors (Lipinski definition) is 4. The average Bonchev–Trinajstić information content (AvgIpc) is 2.45. The van der Waals surface area contributed by atoms with Gasteiger partial charge in [-0.1, -0.05) is 12.1 Å². The summed E-state index contributed by atoms with van der Waals surface area (Å²) in [5, 5.41) is 0. The highest BCUT2D eigenvalue weighted by atomic mass is 14.8. The van der Waals surface area contributed by atoms with Gasteiger partial charge in [0.05, 0.1) is 24.5 Å². The highest BCUT2D eigenvalue weighted by Gasteiger charge is 1.86. The number of hydrogen-bond donors (Lipinski definition) is 0. The Morgan fingerprint density at radius 3 is 1.67 bits per heavy atom. The second-order valence-corrected chi connectivity index (χ2v) is 3.58. The summed E-state index contributed by atoms with van der Waals surface area (Å²) in [6, 6.07) is 11.5. The van der Waals surface area contributed by atoms with Crippen molar-refractivity contribution in [2.24, 2.45) is 9.98 Å². The molecule has 90 valence electrons. The number of pyridine rings is 2. The number of aliphatic imine (C=N–C) groups is 2. The van der Waals surface area contributed by atoms with Crippen molar-refractivity contribution >= 4 is 12.4 Å². The first kappa shape index (κ1) is 12.1. The van der Waals surface area contributed by atoms with Crippen molar-refractivity contribution in [2.75, 3.05) is 13.1 Å². The van der Waals surface area contributed by atoms with Crippen LogP contribution in [0.15, 0.2) is 58.8 Å². The zero-order valence-corrected chi connectivity index (χ0v) is 9.98. The average molecular weight is 238 g/mol. The van der Waals surface area contributed by atoms with Gasteiger partial charge in [-0.3, -0.25) is 20.0 Å². The molecule has 2 aromatic rings. The van der Waals surface area contributed by atoms with E-state index in [0.717, 1.165) is 11.4 Å². The van der Waals surface area contributed by atoms with Crippen LogP contribution in [0.5, 0.6) is 0 Å². The van der Waals surface area contributed by atoms with E-state index in [1.807, 2.05) is 36.4 Å². The third-order valence-corrected chi connectivity index (χ3v) is 2.18. The van der Waals surface area contributed by atoms with Crippen LogP contribution in [0.2, 0.25) is 0 Å². The van der Waals surface area contributed by atoms with E-state index in [4.69, 9.17) is 0 Å². The van der Waals surface area contributed by atoms with Gasteiger partial charge >= 0.3 is 0 Å². The van der Waals surface area contributed by atoms with E-state index in [1.165, 1.54) is 0 Å². The first-order valence-electron chi connectivity index (χ1n) is 5.77. The van der Waals surface area contributed by atoms with Crippen molar-refractivity contribution in [1.29, 1.82) is 0 Å². The minimum Gasteiger partial charge on any atom is -0.289 e. The van der Waals surface area contributed by atoms with Gasteiger partial charge < -0.3 is 0 Å². The molecule has 0 radical (unpaired) electrons. The normalized spacial score (nSPS) is 11.3. The molecule has 2 aromatic heterocycles. The summed E-state index contributed by atoms with van der Waals surface area (Å²) in [5.74, 6) is 0. The Bertz CT molecular complexity index is 456. The van der Waals surface area contributed by atoms with Gasteiger partial charge in [0.1, 0.15) is 0 Å². The highest BCUT2D eigenvalue weighted by molar-refractivity contribution is 5.77. The third-order valence-electron chi connectivity index (χ3n) is 2.18. The maximum absolute atomic E-state index is 4.25. The lowest BCUT2D eigenvalue weighted by Gasteiger charge is -1.91. The van der Waals surface area contributed by atoms with Gasteiger partial charge in [0, 0.05) is 24.8 Å². The van der Waals surface area contributed by atoms with E-state index in [2.05, 4.69) is 20.0 Å². The lowest BCUT2D eigenvalue weighted by molar-refractivity contribution is 0.982. The van der Waals surface area contributed by atoms with Crippen LogP contribution in [-0.4, -0.2) is 35.5 Å². The van der Waals surface area contributed by atoms with Crippen LogP contribution < -0.4 is 0 Å². The first-order chi connectivity index (χ1) is 8.95. The fourth-order valence-corrected chi connectivity index (χ4v) is 1.34. The molecule has 0 aliphatic heterocycles. The Labute approximate surface area is 106 Å². The Morgan fingerprint density at radius 2 is 1.28 bits per heavy atom. The van der Waals surface area contributed by atoms with Crippen LogP contribution in [0.4, 0.5) is 0 Å². The van der Waals surface area contributed by atoms with Crippen molar-refractivity contribution in [3.8, 4) is 0 Å². The predicted octanol–water partition coefficient (Wildman–Crippen LogP) is 2.01. The summed E-state index contributed by atoms with van der Waals surface area (Å²) in [6.45, 7) is 1.31. The minimum absolute atomic E-state index is 0.653. The minimum atomic E-state index is 0.653. The van der Waals surface area contributed by atoms with E-state index in [-0.39, 0.29) is 0 Å². The summed E-state index contributed by atoms with van der Waals surface area (Å²) >= 11 is 0. The molecule has 0 aliphatic carbocycles. The maximum atomic E-state index is 4.25.